The first-order valence-electron chi connectivity index (χ1n) is 15.4. The molecular formula is C32H45BrN2O8. The Morgan fingerprint density at radius 2 is 1.81 bits per heavy atom. The van der Waals surface area contributed by atoms with Crippen molar-refractivity contribution in [3.63, 3.8) is 0 Å². The maximum Gasteiger partial charge on any atom is 0.340 e. The SMILES string of the molecule is Br.CCN1C[C@]2(OC(=O)c3ccccc3NC(C)=O)CC[C@H](OC)[C@@]34[C@@H]2C[C@@H]([C@@H]13)[C@@]1(O)C[C@H](OC)[C@H]2C[C@@H]4[C@]1(O)[C@H]2OC. The second-order valence-corrected chi connectivity index (χ2v) is 13.7. The topological polar surface area (TPSA) is 127 Å². The molecule has 1 amide bonds. The Morgan fingerprint density at radius 1 is 1.07 bits per heavy atom. The number of aliphatic hydroxyl groups is 2. The zero-order valence-electron chi connectivity index (χ0n) is 25.6. The van der Waals surface area contributed by atoms with E-state index in [1.165, 1.54) is 6.92 Å². The van der Waals surface area contributed by atoms with Gasteiger partial charge in [-0.1, -0.05) is 19.1 Å². The van der Waals surface area contributed by atoms with Crippen LogP contribution in [0, 0.1) is 29.1 Å². The molecule has 1 spiro atoms. The summed E-state index contributed by atoms with van der Waals surface area (Å²) < 4.78 is 25.1. The van der Waals surface area contributed by atoms with Gasteiger partial charge in [0.15, 0.2) is 0 Å². The fourth-order valence-corrected chi connectivity index (χ4v) is 11.6. The zero-order valence-corrected chi connectivity index (χ0v) is 27.3. The van der Waals surface area contributed by atoms with Crippen molar-refractivity contribution in [3.05, 3.63) is 29.8 Å². The van der Waals surface area contributed by atoms with Crippen molar-refractivity contribution in [1.29, 1.82) is 0 Å². The summed E-state index contributed by atoms with van der Waals surface area (Å²) >= 11 is 0. The van der Waals surface area contributed by atoms with E-state index >= 15 is 0 Å². The number of ether oxygens (including phenoxy) is 4. The third kappa shape index (κ3) is 3.67. The molecule has 5 saturated carbocycles. The van der Waals surface area contributed by atoms with Crippen LogP contribution in [0.15, 0.2) is 24.3 Å². The van der Waals surface area contributed by atoms with Crippen LogP contribution in [0.1, 0.15) is 56.3 Å². The fraction of sp³-hybridized carbons (Fsp3) is 0.750. The molecule has 11 heteroatoms. The van der Waals surface area contributed by atoms with Crippen LogP contribution < -0.4 is 5.32 Å². The number of nitrogens with one attached hydrogen (secondary N) is 1. The lowest BCUT2D eigenvalue weighted by Crippen LogP contribution is -2.83. The Kier molecular flexibility index (Phi) is 7.64. The van der Waals surface area contributed by atoms with E-state index in [9.17, 15) is 19.8 Å². The van der Waals surface area contributed by atoms with Crippen LogP contribution in [0.5, 0.6) is 0 Å². The molecule has 43 heavy (non-hydrogen) atoms. The Morgan fingerprint density at radius 3 is 2.47 bits per heavy atom. The minimum atomic E-state index is -1.48. The molecule has 7 rings (SSSR count). The third-order valence-corrected chi connectivity index (χ3v) is 12.6. The van der Waals surface area contributed by atoms with Crippen LogP contribution >= 0.6 is 17.0 Å². The highest BCUT2D eigenvalue weighted by molar-refractivity contribution is 8.93. The number of halogens is 1. The first-order chi connectivity index (χ1) is 20.1. The first-order valence-corrected chi connectivity index (χ1v) is 15.4. The van der Waals surface area contributed by atoms with Crippen LogP contribution in [-0.4, -0.2) is 103 Å². The predicted molar refractivity (Wildman–Crippen MR) is 162 cm³/mol. The van der Waals surface area contributed by atoms with Gasteiger partial charge in [0, 0.05) is 76.3 Å². The number of benzene rings is 1. The van der Waals surface area contributed by atoms with Crippen LogP contribution in [0.3, 0.4) is 0 Å². The summed E-state index contributed by atoms with van der Waals surface area (Å²) in [5, 5.41) is 28.4. The van der Waals surface area contributed by atoms with Crippen molar-refractivity contribution in [2.45, 2.75) is 87.1 Å². The molecule has 10 nitrogen and oxygen atoms in total. The maximum absolute atomic E-state index is 14.0. The lowest BCUT2D eigenvalue weighted by atomic mass is 9.44. The summed E-state index contributed by atoms with van der Waals surface area (Å²) in [6.45, 7) is 4.79. The average molecular weight is 666 g/mol. The zero-order chi connectivity index (χ0) is 29.8. The first kappa shape index (κ1) is 31.4. The molecule has 7 bridgehead atoms. The van der Waals surface area contributed by atoms with Crippen molar-refractivity contribution < 1.29 is 38.7 Å². The number of hydrogen-bond acceptors (Lipinski definition) is 9. The summed E-state index contributed by atoms with van der Waals surface area (Å²) in [5.74, 6) is -1.54. The molecule has 6 aliphatic rings. The van der Waals surface area contributed by atoms with Crippen LogP contribution in [0.25, 0.3) is 0 Å². The standard InChI is InChI=1S/C32H44N2O8.BrH/c1-6-34-16-29(42-28(36)18-9-7-8-10-21(18)33-17(2)35)12-11-25(40-4)31-23(29)14-20(26(31)34)30(37)15-22(39-3)19-13-24(31)32(30,38)27(19)41-5;/h7-10,19-20,22-27,37-38H,6,11-16H2,1-5H3,(H,33,35);1H/t19-,20+,22+,23-,24+,25+,26-,27+,29-,30+,31+,32+;/m1./s1. The lowest BCUT2D eigenvalue weighted by Gasteiger charge is -2.70. The molecule has 12 atom stereocenters. The number of rotatable bonds is 7. The molecule has 0 aromatic heterocycles. The number of amides is 1. The van der Waals surface area contributed by atoms with E-state index in [-0.39, 0.29) is 64.8 Å². The van der Waals surface area contributed by atoms with Gasteiger partial charge in [-0.15, -0.1) is 17.0 Å². The van der Waals surface area contributed by atoms with Crippen LogP contribution in [0.2, 0.25) is 0 Å². The number of anilines is 1. The lowest BCUT2D eigenvalue weighted by molar-refractivity contribution is -0.337. The van der Waals surface area contributed by atoms with E-state index in [1.54, 1.807) is 45.6 Å². The van der Waals surface area contributed by atoms with Crippen molar-refractivity contribution in [2.24, 2.45) is 29.1 Å². The summed E-state index contributed by atoms with van der Waals surface area (Å²) in [4.78, 5) is 28.3. The molecule has 3 N–H and O–H groups in total. The molecule has 1 aromatic carbocycles. The quantitative estimate of drug-likeness (QED) is 0.377. The van der Waals surface area contributed by atoms with Gasteiger partial charge in [0.1, 0.15) is 16.8 Å². The molecule has 0 unspecified atom stereocenters. The van der Waals surface area contributed by atoms with E-state index in [0.717, 1.165) is 0 Å². The molecule has 6 fully saturated rings. The molecule has 0 radical (unpaired) electrons. The number of hydrogen-bond donors (Lipinski definition) is 3. The Balaban J connectivity index is 0.00000329. The van der Waals surface area contributed by atoms with E-state index in [0.29, 0.717) is 56.4 Å². The van der Waals surface area contributed by atoms with E-state index < -0.39 is 34.3 Å². The van der Waals surface area contributed by atoms with Gasteiger partial charge in [-0.05, 0) is 44.4 Å². The highest BCUT2D eigenvalue weighted by Gasteiger charge is 2.89. The molecule has 1 aliphatic heterocycles. The summed E-state index contributed by atoms with van der Waals surface area (Å²) in [7, 11) is 5.05. The highest BCUT2D eigenvalue weighted by atomic mass is 79.9. The van der Waals surface area contributed by atoms with Gasteiger partial charge in [-0.3, -0.25) is 9.69 Å². The van der Waals surface area contributed by atoms with Crippen LogP contribution in [0.4, 0.5) is 5.69 Å². The average Bonchev–Trinajstić information content (AvgIpc) is 3.39. The highest BCUT2D eigenvalue weighted by Crippen LogP contribution is 2.79. The molecular weight excluding hydrogens is 620 g/mol. The maximum atomic E-state index is 14.0. The minimum Gasteiger partial charge on any atom is -0.454 e. The molecule has 1 saturated heterocycles. The van der Waals surface area contributed by atoms with Crippen molar-refractivity contribution in [1.82, 2.24) is 4.90 Å². The number of piperidine rings is 1. The number of esters is 1. The molecule has 1 heterocycles. The van der Waals surface area contributed by atoms with Gasteiger partial charge in [0.25, 0.3) is 0 Å². The van der Waals surface area contributed by atoms with Gasteiger partial charge in [-0.25, -0.2) is 4.79 Å². The number of likely N-dealkylation sites (N-methyl/N-ethyl adjacent to an activating group) is 1. The van der Waals surface area contributed by atoms with Gasteiger partial charge >= 0.3 is 5.97 Å². The largest absolute Gasteiger partial charge is 0.454 e. The second-order valence-electron chi connectivity index (χ2n) is 13.7. The number of carbonyl (C=O) groups excluding carboxylic acids is 2. The minimum absolute atomic E-state index is 0. The number of carbonyl (C=O) groups is 2. The Labute approximate surface area is 263 Å². The Bertz CT molecular complexity index is 1300. The van der Waals surface area contributed by atoms with Crippen molar-refractivity contribution in [3.8, 4) is 0 Å². The van der Waals surface area contributed by atoms with E-state index in [4.69, 9.17) is 18.9 Å². The predicted octanol–water partition coefficient (Wildman–Crippen LogP) is 2.80. The van der Waals surface area contributed by atoms with Gasteiger partial charge in [-0.2, -0.15) is 0 Å². The van der Waals surface area contributed by atoms with Crippen LogP contribution in [-0.2, 0) is 23.7 Å². The molecule has 238 valence electrons. The fourth-order valence-electron chi connectivity index (χ4n) is 11.6. The number of para-hydroxylation sites is 1. The molecule has 5 aliphatic carbocycles. The summed E-state index contributed by atoms with van der Waals surface area (Å²) in [5.41, 5.74) is -3.57. The monoisotopic (exact) mass is 664 g/mol. The number of likely N-dealkylation sites (tertiary alicyclic amines) is 1. The Hall–Kier alpha value is -1.60. The summed E-state index contributed by atoms with van der Waals surface area (Å²) in [6.07, 6.45) is 1.91. The second kappa shape index (κ2) is 10.5. The van der Waals surface area contributed by atoms with Gasteiger partial charge in [0.05, 0.1) is 29.6 Å². The van der Waals surface area contributed by atoms with Crippen molar-refractivity contribution >= 4 is 34.5 Å². The normalized spacial score (nSPS) is 47.0. The smallest absolute Gasteiger partial charge is 0.340 e. The number of methoxy groups -OCH3 is 3. The summed E-state index contributed by atoms with van der Waals surface area (Å²) in [6, 6.07) is 6.89. The molecule has 1 aromatic rings. The van der Waals surface area contributed by atoms with E-state index in [1.807, 2.05) is 0 Å². The van der Waals surface area contributed by atoms with E-state index in [2.05, 4.69) is 17.1 Å². The van der Waals surface area contributed by atoms with Gasteiger partial charge < -0.3 is 34.5 Å². The third-order valence-electron chi connectivity index (χ3n) is 12.6. The number of fused-ring (bicyclic) bond motifs is 2. The van der Waals surface area contributed by atoms with Gasteiger partial charge in [0.2, 0.25) is 5.91 Å². The number of nitrogens with zero attached hydrogens (tertiary/aromatic N) is 1. The van der Waals surface area contributed by atoms with Crippen molar-refractivity contribution in [2.75, 3.05) is 39.7 Å².